The van der Waals surface area contributed by atoms with Crippen molar-refractivity contribution in [2.45, 2.75) is 26.2 Å². The third-order valence-corrected chi connectivity index (χ3v) is 1.73. The first kappa shape index (κ1) is 9.77. The SMILES string of the molecule is C=C(C)C(=C)CCCCCl. The highest BCUT2D eigenvalue weighted by molar-refractivity contribution is 6.17. The molecule has 0 amide bonds. The summed E-state index contributed by atoms with van der Waals surface area (Å²) in [5.74, 6) is 0.753. The summed E-state index contributed by atoms with van der Waals surface area (Å²) in [7, 11) is 0. The summed E-state index contributed by atoms with van der Waals surface area (Å²) in [5.41, 5.74) is 2.25. The fourth-order valence-corrected chi connectivity index (χ4v) is 0.835. The molecule has 1 heteroatoms. The van der Waals surface area contributed by atoms with Gasteiger partial charge in [-0.2, -0.15) is 0 Å². The Balaban J connectivity index is 3.31. The normalized spacial score (nSPS) is 9.40. The van der Waals surface area contributed by atoms with Gasteiger partial charge in [0.25, 0.3) is 0 Å². The summed E-state index contributed by atoms with van der Waals surface area (Å²) in [5, 5.41) is 0. The summed E-state index contributed by atoms with van der Waals surface area (Å²) < 4.78 is 0. The molecule has 0 atom stereocenters. The van der Waals surface area contributed by atoms with Crippen LogP contribution in [0.2, 0.25) is 0 Å². The highest BCUT2D eigenvalue weighted by Crippen LogP contribution is 2.12. The molecule has 0 N–H and O–H groups in total. The van der Waals surface area contributed by atoms with Gasteiger partial charge in [-0.05, 0) is 26.2 Å². The second-order valence-electron chi connectivity index (χ2n) is 2.53. The summed E-state index contributed by atoms with van der Waals surface area (Å²) in [6, 6.07) is 0. The van der Waals surface area contributed by atoms with Gasteiger partial charge in [-0.15, -0.1) is 11.6 Å². The summed E-state index contributed by atoms with van der Waals surface area (Å²) in [6.45, 7) is 9.67. The van der Waals surface area contributed by atoms with E-state index in [1.807, 2.05) is 6.92 Å². The maximum atomic E-state index is 5.51. The molecule has 0 aliphatic rings. The molecule has 0 nitrogen and oxygen atoms in total. The van der Waals surface area contributed by atoms with E-state index in [9.17, 15) is 0 Å². The van der Waals surface area contributed by atoms with Gasteiger partial charge in [0.2, 0.25) is 0 Å². The Morgan fingerprint density at radius 2 is 1.90 bits per heavy atom. The third-order valence-electron chi connectivity index (χ3n) is 1.47. The molecule has 0 aliphatic carbocycles. The van der Waals surface area contributed by atoms with Gasteiger partial charge >= 0.3 is 0 Å². The molecule has 0 unspecified atom stereocenters. The lowest BCUT2D eigenvalue weighted by atomic mass is 10.1. The van der Waals surface area contributed by atoms with Crippen LogP contribution in [0.25, 0.3) is 0 Å². The number of unbranched alkanes of at least 4 members (excludes halogenated alkanes) is 1. The van der Waals surface area contributed by atoms with E-state index in [0.29, 0.717) is 0 Å². The van der Waals surface area contributed by atoms with Crippen molar-refractivity contribution in [3.8, 4) is 0 Å². The van der Waals surface area contributed by atoms with E-state index in [4.69, 9.17) is 11.6 Å². The molecule has 0 aromatic rings. The van der Waals surface area contributed by atoms with Crippen LogP contribution in [0.15, 0.2) is 24.3 Å². The first-order chi connectivity index (χ1) is 4.68. The summed E-state index contributed by atoms with van der Waals surface area (Å²) in [6.07, 6.45) is 3.26. The Morgan fingerprint density at radius 1 is 1.30 bits per heavy atom. The number of rotatable bonds is 5. The number of halogens is 1. The van der Waals surface area contributed by atoms with Crippen LogP contribution in [0, 0.1) is 0 Å². The monoisotopic (exact) mass is 158 g/mol. The largest absolute Gasteiger partial charge is 0.127 e. The van der Waals surface area contributed by atoms with Crippen molar-refractivity contribution in [2.24, 2.45) is 0 Å². The molecule has 0 bridgehead atoms. The molecule has 58 valence electrons. The molecule has 10 heavy (non-hydrogen) atoms. The second kappa shape index (κ2) is 5.55. The highest BCUT2D eigenvalue weighted by atomic mass is 35.5. The minimum atomic E-state index is 0.753. The van der Waals surface area contributed by atoms with Gasteiger partial charge in [-0.1, -0.05) is 24.3 Å². The van der Waals surface area contributed by atoms with E-state index in [0.717, 1.165) is 36.3 Å². The zero-order valence-corrected chi connectivity index (χ0v) is 7.38. The number of hydrogen-bond acceptors (Lipinski definition) is 0. The quantitative estimate of drug-likeness (QED) is 0.326. The van der Waals surface area contributed by atoms with Crippen molar-refractivity contribution in [3.63, 3.8) is 0 Å². The van der Waals surface area contributed by atoms with E-state index in [1.54, 1.807) is 0 Å². The number of hydrogen-bond donors (Lipinski definition) is 0. The second-order valence-corrected chi connectivity index (χ2v) is 2.91. The number of alkyl halides is 1. The molecule has 0 aliphatic heterocycles. The Hall–Kier alpha value is -0.230. The van der Waals surface area contributed by atoms with Crippen molar-refractivity contribution in [3.05, 3.63) is 24.3 Å². The van der Waals surface area contributed by atoms with Gasteiger partial charge in [0.05, 0.1) is 0 Å². The zero-order chi connectivity index (χ0) is 7.98. The summed E-state index contributed by atoms with van der Waals surface area (Å²) in [4.78, 5) is 0. The van der Waals surface area contributed by atoms with Gasteiger partial charge in [0.15, 0.2) is 0 Å². The average molecular weight is 159 g/mol. The Bertz CT molecular complexity index is 125. The van der Waals surface area contributed by atoms with E-state index in [2.05, 4.69) is 13.2 Å². The molecule has 0 heterocycles. The fraction of sp³-hybridized carbons (Fsp3) is 0.556. The van der Waals surface area contributed by atoms with Crippen LogP contribution in [-0.4, -0.2) is 5.88 Å². The topological polar surface area (TPSA) is 0 Å². The Labute approximate surface area is 68.6 Å². The lowest BCUT2D eigenvalue weighted by Gasteiger charge is -2.01. The van der Waals surface area contributed by atoms with Crippen molar-refractivity contribution in [1.82, 2.24) is 0 Å². The molecular weight excluding hydrogens is 144 g/mol. The smallest absolute Gasteiger partial charge is 0.0223 e. The molecule has 0 rings (SSSR count). The van der Waals surface area contributed by atoms with Crippen LogP contribution in [0.5, 0.6) is 0 Å². The van der Waals surface area contributed by atoms with Gasteiger partial charge in [0.1, 0.15) is 0 Å². The molecule has 0 spiro atoms. The van der Waals surface area contributed by atoms with Gasteiger partial charge in [-0.25, -0.2) is 0 Å². The summed E-state index contributed by atoms with van der Waals surface area (Å²) >= 11 is 5.51. The van der Waals surface area contributed by atoms with Crippen LogP contribution in [0.1, 0.15) is 26.2 Å². The van der Waals surface area contributed by atoms with Gasteiger partial charge in [-0.3, -0.25) is 0 Å². The molecule has 0 aromatic heterocycles. The van der Waals surface area contributed by atoms with E-state index in [1.165, 1.54) is 0 Å². The molecule has 0 saturated heterocycles. The first-order valence-electron chi connectivity index (χ1n) is 3.58. The standard InChI is InChI=1S/C9H15Cl/c1-8(2)9(3)6-4-5-7-10/h1,3-7H2,2H3. The predicted molar refractivity (Wildman–Crippen MR) is 48.5 cm³/mol. The minimum absolute atomic E-state index is 0.753. The zero-order valence-electron chi connectivity index (χ0n) is 6.62. The molecule has 0 fully saturated rings. The van der Waals surface area contributed by atoms with E-state index < -0.39 is 0 Å². The number of allylic oxidation sites excluding steroid dienone is 2. The first-order valence-corrected chi connectivity index (χ1v) is 4.11. The van der Waals surface area contributed by atoms with Crippen molar-refractivity contribution < 1.29 is 0 Å². The Morgan fingerprint density at radius 3 is 2.30 bits per heavy atom. The van der Waals surface area contributed by atoms with Crippen LogP contribution in [0.4, 0.5) is 0 Å². The van der Waals surface area contributed by atoms with Gasteiger partial charge < -0.3 is 0 Å². The minimum Gasteiger partial charge on any atom is -0.127 e. The molecule has 0 radical (unpaired) electrons. The fourth-order valence-electron chi connectivity index (χ4n) is 0.646. The predicted octanol–water partition coefficient (Wildman–Crippen LogP) is 3.53. The van der Waals surface area contributed by atoms with Crippen LogP contribution in [-0.2, 0) is 0 Å². The van der Waals surface area contributed by atoms with Crippen LogP contribution >= 0.6 is 11.6 Å². The molecule has 0 saturated carbocycles. The lowest BCUT2D eigenvalue weighted by molar-refractivity contribution is 0.798. The maximum absolute atomic E-state index is 5.51. The third kappa shape index (κ3) is 4.63. The van der Waals surface area contributed by atoms with Crippen molar-refractivity contribution >= 4 is 11.6 Å². The van der Waals surface area contributed by atoms with E-state index >= 15 is 0 Å². The van der Waals surface area contributed by atoms with Crippen LogP contribution < -0.4 is 0 Å². The van der Waals surface area contributed by atoms with E-state index in [-0.39, 0.29) is 0 Å². The van der Waals surface area contributed by atoms with Crippen LogP contribution in [0.3, 0.4) is 0 Å². The maximum Gasteiger partial charge on any atom is 0.0223 e. The highest BCUT2D eigenvalue weighted by Gasteiger charge is 1.93. The van der Waals surface area contributed by atoms with Crippen molar-refractivity contribution in [1.29, 1.82) is 0 Å². The van der Waals surface area contributed by atoms with Gasteiger partial charge in [0, 0.05) is 5.88 Å². The molecule has 0 aromatic carbocycles. The Kier molecular flexibility index (Phi) is 5.42. The van der Waals surface area contributed by atoms with Crippen molar-refractivity contribution in [2.75, 3.05) is 5.88 Å². The lowest BCUT2D eigenvalue weighted by Crippen LogP contribution is -1.83. The molecular formula is C9H15Cl. The average Bonchev–Trinajstić information content (AvgIpc) is 1.88.